The summed E-state index contributed by atoms with van der Waals surface area (Å²) in [5, 5.41) is 13.0. The van der Waals surface area contributed by atoms with Crippen LogP contribution in [0.25, 0.3) is 17.0 Å². The summed E-state index contributed by atoms with van der Waals surface area (Å²) >= 11 is 14.1. The first-order valence-electron chi connectivity index (χ1n) is 10.1. The molecule has 0 unspecified atom stereocenters. The Morgan fingerprint density at radius 1 is 1.22 bits per heavy atom. The number of aryl methyl sites for hydroxylation is 1. The number of benzene rings is 1. The summed E-state index contributed by atoms with van der Waals surface area (Å²) in [6.07, 6.45) is -3.43. The highest BCUT2D eigenvalue weighted by molar-refractivity contribution is 7.09. The standard InChI is InChI=1S/C20H17Cl2N5OS.C2HF3O2/c1-11-15(8-23)18(14-5-4-12(21)7-16(14)22)27-10-17(26-20(27)25-11)19(28)24-9-13-3-2-6-29-13;3-2(4,5)1(6)7/h2-7,10H,8-9,23H2,1H3,(H,24,28);(H,6,7). The molecule has 4 aromatic rings. The van der Waals surface area contributed by atoms with Gasteiger partial charge in [0.2, 0.25) is 5.78 Å². The lowest BCUT2D eigenvalue weighted by Crippen LogP contribution is -2.22. The predicted molar refractivity (Wildman–Crippen MR) is 130 cm³/mol. The second-order valence-electron chi connectivity index (χ2n) is 7.21. The number of alkyl halides is 3. The quantitative estimate of drug-likeness (QED) is 0.313. The third-order valence-corrected chi connectivity index (χ3v) is 6.21. The summed E-state index contributed by atoms with van der Waals surface area (Å²) in [6, 6.07) is 9.17. The first kappa shape index (κ1) is 27.4. The van der Waals surface area contributed by atoms with Crippen LogP contribution in [-0.2, 0) is 17.9 Å². The molecule has 0 bridgehead atoms. The van der Waals surface area contributed by atoms with Gasteiger partial charge in [-0.05, 0) is 36.6 Å². The third kappa shape index (κ3) is 6.32. The largest absolute Gasteiger partial charge is 0.490 e. The number of amides is 1. The van der Waals surface area contributed by atoms with Crippen LogP contribution in [0.2, 0.25) is 10.0 Å². The van der Waals surface area contributed by atoms with E-state index >= 15 is 0 Å². The lowest BCUT2D eigenvalue weighted by atomic mass is 10.0. The van der Waals surface area contributed by atoms with Crippen LogP contribution in [0.3, 0.4) is 0 Å². The molecule has 3 aromatic heterocycles. The highest BCUT2D eigenvalue weighted by Crippen LogP contribution is 2.34. The number of hydrogen-bond acceptors (Lipinski definition) is 6. The van der Waals surface area contributed by atoms with Gasteiger partial charge in [0, 0.05) is 39.5 Å². The van der Waals surface area contributed by atoms with Crippen LogP contribution in [0.15, 0.2) is 41.9 Å². The number of rotatable bonds is 5. The lowest BCUT2D eigenvalue weighted by molar-refractivity contribution is -0.192. The van der Waals surface area contributed by atoms with Gasteiger partial charge in [0.25, 0.3) is 5.91 Å². The number of aromatic nitrogens is 3. The zero-order valence-electron chi connectivity index (χ0n) is 18.4. The van der Waals surface area contributed by atoms with E-state index in [1.54, 1.807) is 34.1 Å². The number of carbonyl (C=O) groups is 2. The first-order valence-corrected chi connectivity index (χ1v) is 11.7. The van der Waals surface area contributed by atoms with E-state index in [-0.39, 0.29) is 18.1 Å². The van der Waals surface area contributed by atoms with Crippen molar-refractivity contribution in [3.63, 3.8) is 0 Å². The minimum atomic E-state index is -5.08. The van der Waals surface area contributed by atoms with E-state index in [0.29, 0.717) is 22.4 Å². The minimum absolute atomic E-state index is 0.265. The molecule has 1 aromatic carbocycles. The predicted octanol–water partition coefficient (Wildman–Crippen LogP) is 5.10. The average molecular weight is 560 g/mol. The van der Waals surface area contributed by atoms with E-state index in [4.69, 9.17) is 38.8 Å². The summed E-state index contributed by atoms with van der Waals surface area (Å²) in [6.45, 7) is 2.57. The van der Waals surface area contributed by atoms with E-state index in [0.717, 1.165) is 27.4 Å². The number of carboxylic acids is 1. The SMILES string of the molecule is Cc1nc2nc(C(=O)NCc3cccs3)cn2c(-c2ccc(Cl)cc2Cl)c1CN.O=C(O)C(F)(F)F. The molecule has 0 aliphatic heterocycles. The van der Waals surface area contributed by atoms with Gasteiger partial charge in [0.05, 0.1) is 17.3 Å². The fraction of sp³-hybridized carbons (Fsp3) is 0.182. The van der Waals surface area contributed by atoms with Crippen LogP contribution in [0, 0.1) is 6.92 Å². The van der Waals surface area contributed by atoms with E-state index in [1.165, 1.54) is 0 Å². The highest BCUT2D eigenvalue weighted by atomic mass is 35.5. The number of nitrogens with one attached hydrogen (secondary N) is 1. The Bertz CT molecular complexity index is 1410. The number of nitrogens with two attached hydrogens (primary N) is 1. The highest BCUT2D eigenvalue weighted by Gasteiger charge is 2.38. The second kappa shape index (κ2) is 11.2. The molecule has 0 aliphatic rings. The normalized spacial score (nSPS) is 11.2. The van der Waals surface area contributed by atoms with Gasteiger partial charge in [-0.2, -0.15) is 13.2 Å². The molecule has 0 radical (unpaired) electrons. The Morgan fingerprint density at radius 2 is 1.92 bits per heavy atom. The molecule has 36 heavy (non-hydrogen) atoms. The van der Waals surface area contributed by atoms with Crippen molar-refractivity contribution >= 4 is 52.2 Å². The van der Waals surface area contributed by atoms with Gasteiger partial charge in [-0.3, -0.25) is 9.20 Å². The van der Waals surface area contributed by atoms with Crippen LogP contribution in [0.1, 0.15) is 26.6 Å². The zero-order valence-corrected chi connectivity index (χ0v) is 20.8. The molecule has 0 fully saturated rings. The van der Waals surface area contributed by atoms with Gasteiger partial charge in [0.15, 0.2) is 0 Å². The van der Waals surface area contributed by atoms with Gasteiger partial charge in [-0.1, -0.05) is 29.3 Å². The first-order chi connectivity index (χ1) is 16.9. The van der Waals surface area contributed by atoms with Crippen molar-refractivity contribution in [3.05, 3.63) is 73.8 Å². The molecule has 4 rings (SSSR count). The number of halogens is 5. The number of aliphatic carboxylic acids is 1. The number of carboxylic acid groups (broad SMARTS) is 1. The van der Waals surface area contributed by atoms with Gasteiger partial charge in [-0.25, -0.2) is 14.8 Å². The molecule has 4 N–H and O–H groups in total. The van der Waals surface area contributed by atoms with Crippen molar-refractivity contribution < 1.29 is 27.9 Å². The molecule has 0 aliphatic carbocycles. The fourth-order valence-corrected chi connectivity index (χ4v) is 4.29. The number of fused-ring (bicyclic) bond motifs is 1. The van der Waals surface area contributed by atoms with Crippen LogP contribution in [0.5, 0.6) is 0 Å². The monoisotopic (exact) mass is 559 g/mol. The minimum Gasteiger partial charge on any atom is -0.475 e. The summed E-state index contributed by atoms with van der Waals surface area (Å²) < 4.78 is 33.5. The number of carbonyl (C=O) groups excluding carboxylic acids is 1. The van der Waals surface area contributed by atoms with E-state index in [9.17, 15) is 18.0 Å². The lowest BCUT2D eigenvalue weighted by Gasteiger charge is -2.14. The summed E-state index contributed by atoms with van der Waals surface area (Å²) in [5.74, 6) is -2.63. The van der Waals surface area contributed by atoms with Crippen molar-refractivity contribution in [2.45, 2.75) is 26.2 Å². The zero-order chi connectivity index (χ0) is 26.6. The van der Waals surface area contributed by atoms with Crippen molar-refractivity contribution in [2.24, 2.45) is 5.73 Å². The van der Waals surface area contributed by atoms with E-state index < -0.39 is 12.1 Å². The van der Waals surface area contributed by atoms with Gasteiger partial charge in [0.1, 0.15) is 5.69 Å². The fourth-order valence-electron chi connectivity index (χ4n) is 3.15. The van der Waals surface area contributed by atoms with Crippen molar-refractivity contribution in [1.82, 2.24) is 19.7 Å². The topological polar surface area (TPSA) is 123 Å². The van der Waals surface area contributed by atoms with E-state index in [1.807, 2.05) is 30.5 Å². The van der Waals surface area contributed by atoms with Crippen LogP contribution in [0.4, 0.5) is 13.2 Å². The average Bonchev–Trinajstić information content (AvgIpc) is 3.46. The second-order valence-corrected chi connectivity index (χ2v) is 9.09. The van der Waals surface area contributed by atoms with Gasteiger partial charge in [-0.15, -0.1) is 11.3 Å². The Morgan fingerprint density at radius 3 is 2.47 bits per heavy atom. The van der Waals surface area contributed by atoms with Crippen LogP contribution in [-0.4, -0.2) is 37.5 Å². The van der Waals surface area contributed by atoms with E-state index in [2.05, 4.69) is 15.3 Å². The van der Waals surface area contributed by atoms with Crippen LogP contribution < -0.4 is 11.1 Å². The Hall–Kier alpha value is -3.19. The summed E-state index contributed by atoms with van der Waals surface area (Å²) in [7, 11) is 0. The molecular formula is C22H18Cl2F3N5O3S. The number of imidazole rings is 1. The molecule has 0 saturated heterocycles. The summed E-state index contributed by atoms with van der Waals surface area (Å²) in [4.78, 5) is 31.5. The number of nitrogens with zero attached hydrogens (tertiary/aromatic N) is 3. The Balaban J connectivity index is 0.000000454. The van der Waals surface area contributed by atoms with Gasteiger partial charge < -0.3 is 16.2 Å². The number of hydrogen-bond donors (Lipinski definition) is 3. The van der Waals surface area contributed by atoms with Crippen molar-refractivity contribution in [3.8, 4) is 11.3 Å². The molecule has 8 nitrogen and oxygen atoms in total. The molecule has 1 amide bonds. The maximum absolute atomic E-state index is 12.6. The third-order valence-electron chi connectivity index (χ3n) is 4.79. The molecule has 0 atom stereocenters. The molecule has 14 heteroatoms. The maximum atomic E-state index is 12.6. The smallest absolute Gasteiger partial charge is 0.475 e. The maximum Gasteiger partial charge on any atom is 0.490 e. The molecule has 0 saturated carbocycles. The van der Waals surface area contributed by atoms with Crippen molar-refractivity contribution in [2.75, 3.05) is 0 Å². The van der Waals surface area contributed by atoms with Crippen LogP contribution >= 0.6 is 34.5 Å². The number of thiophene rings is 1. The Kier molecular flexibility index (Phi) is 8.56. The molecular weight excluding hydrogens is 542 g/mol. The molecule has 190 valence electrons. The van der Waals surface area contributed by atoms with Crippen molar-refractivity contribution in [1.29, 1.82) is 0 Å². The Labute approximate surface area is 216 Å². The summed E-state index contributed by atoms with van der Waals surface area (Å²) in [5.41, 5.74) is 9.33. The van der Waals surface area contributed by atoms with Gasteiger partial charge >= 0.3 is 12.1 Å². The molecule has 0 spiro atoms. The molecule has 3 heterocycles.